The third-order valence-corrected chi connectivity index (χ3v) is 4.37. The van der Waals surface area contributed by atoms with Crippen molar-refractivity contribution in [3.63, 3.8) is 0 Å². The molecule has 21 heavy (non-hydrogen) atoms. The number of aliphatic hydroxyl groups excluding tert-OH is 1. The molecule has 0 amide bonds. The summed E-state index contributed by atoms with van der Waals surface area (Å²) < 4.78 is 5.36. The molecule has 0 saturated heterocycles. The molecule has 2 aromatic rings. The summed E-state index contributed by atoms with van der Waals surface area (Å²) in [5.41, 5.74) is 3.01. The number of fused-ring (bicyclic) bond motifs is 1. The minimum atomic E-state index is -0.633. The Morgan fingerprint density at radius 3 is 3.05 bits per heavy atom. The molecular weight excluding hydrogens is 286 g/mol. The summed E-state index contributed by atoms with van der Waals surface area (Å²) in [6, 6.07) is 9.41. The van der Waals surface area contributed by atoms with E-state index in [-0.39, 0.29) is 5.92 Å². The number of methoxy groups -OCH3 is 1. The van der Waals surface area contributed by atoms with Gasteiger partial charge < -0.3 is 9.84 Å². The van der Waals surface area contributed by atoms with E-state index in [9.17, 15) is 5.11 Å². The Bertz CT molecular complexity index is 644. The average molecular weight is 304 g/mol. The van der Waals surface area contributed by atoms with Crippen LogP contribution < -0.4 is 4.74 Å². The quantitative estimate of drug-likeness (QED) is 0.935. The van der Waals surface area contributed by atoms with Crippen LogP contribution in [0.25, 0.3) is 0 Å². The second kappa shape index (κ2) is 6.04. The Balaban J connectivity index is 1.98. The number of aromatic nitrogens is 1. The van der Waals surface area contributed by atoms with E-state index in [0.29, 0.717) is 10.8 Å². The lowest BCUT2D eigenvalue weighted by molar-refractivity contribution is 0.130. The molecule has 1 aromatic heterocycles. The molecule has 1 heterocycles. The predicted molar refractivity (Wildman–Crippen MR) is 82.9 cm³/mol. The Morgan fingerprint density at radius 1 is 1.38 bits per heavy atom. The normalized spacial score (nSPS) is 18.9. The lowest BCUT2D eigenvalue weighted by Crippen LogP contribution is -2.19. The average Bonchev–Trinajstić information content (AvgIpc) is 2.53. The van der Waals surface area contributed by atoms with Crippen LogP contribution in [-0.2, 0) is 6.42 Å². The summed E-state index contributed by atoms with van der Waals surface area (Å²) in [7, 11) is 1.59. The molecule has 0 aliphatic heterocycles. The first-order chi connectivity index (χ1) is 10.2. The van der Waals surface area contributed by atoms with Crippen molar-refractivity contribution >= 4 is 11.6 Å². The van der Waals surface area contributed by atoms with Gasteiger partial charge in [-0.15, -0.1) is 0 Å². The van der Waals surface area contributed by atoms with Gasteiger partial charge in [-0.25, -0.2) is 0 Å². The van der Waals surface area contributed by atoms with Gasteiger partial charge in [-0.2, -0.15) is 0 Å². The maximum Gasteiger partial charge on any atom is 0.126 e. The van der Waals surface area contributed by atoms with E-state index in [1.165, 1.54) is 5.56 Å². The summed E-state index contributed by atoms with van der Waals surface area (Å²) in [4.78, 5) is 4.49. The van der Waals surface area contributed by atoms with Crippen molar-refractivity contribution in [1.82, 2.24) is 4.98 Å². The van der Waals surface area contributed by atoms with Crippen LogP contribution in [0.3, 0.4) is 0 Å². The molecule has 0 spiro atoms. The number of benzene rings is 1. The predicted octanol–water partition coefficient (Wildman–Crippen LogP) is 3.90. The van der Waals surface area contributed by atoms with E-state index < -0.39 is 6.10 Å². The first kappa shape index (κ1) is 14.4. The van der Waals surface area contributed by atoms with E-state index in [4.69, 9.17) is 16.3 Å². The van der Waals surface area contributed by atoms with Crippen molar-refractivity contribution in [3.05, 3.63) is 58.4 Å². The molecule has 110 valence electrons. The first-order valence-corrected chi connectivity index (χ1v) is 7.54. The molecule has 0 bridgehead atoms. The van der Waals surface area contributed by atoms with E-state index in [1.807, 2.05) is 12.1 Å². The molecule has 3 nitrogen and oxygen atoms in total. The standard InChI is InChI=1S/C17H18ClNO2/c1-21-15-10-12(18)7-8-13(15)17(20)14-6-2-4-11-5-3-9-19-16(11)14/h3,5,7-10,14,17,20H,2,4,6H2,1H3. The minimum absolute atomic E-state index is 0.00465. The second-order valence-electron chi connectivity index (χ2n) is 5.38. The van der Waals surface area contributed by atoms with Crippen molar-refractivity contribution < 1.29 is 9.84 Å². The van der Waals surface area contributed by atoms with E-state index in [1.54, 1.807) is 25.4 Å². The third kappa shape index (κ3) is 2.76. The highest BCUT2D eigenvalue weighted by atomic mass is 35.5. The van der Waals surface area contributed by atoms with Crippen molar-refractivity contribution in [2.45, 2.75) is 31.3 Å². The van der Waals surface area contributed by atoms with Crippen LogP contribution in [0.2, 0.25) is 5.02 Å². The molecule has 1 aliphatic rings. The zero-order valence-corrected chi connectivity index (χ0v) is 12.7. The Labute approximate surface area is 129 Å². The van der Waals surface area contributed by atoms with Crippen molar-refractivity contribution in [1.29, 1.82) is 0 Å². The zero-order valence-electron chi connectivity index (χ0n) is 11.9. The number of hydrogen-bond acceptors (Lipinski definition) is 3. The third-order valence-electron chi connectivity index (χ3n) is 4.13. The summed E-state index contributed by atoms with van der Waals surface area (Å²) in [5, 5.41) is 11.4. The molecule has 3 rings (SSSR count). The molecule has 1 aliphatic carbocycles. The monoisotopic (exact) mass is 303 g/mol. The molecule has 0 radical (unpaired) electrons. The fourth-order valence-electron chi connectivity index (χ4n) is 3.10. The highest BCUT2D eigenvalue weighted by Gasteiger charge is 2.30. The van der Waals surface area contributed by atoms with E-state index in [0.717, 1.165) is 30.5 Å². The van der Waals surface area contributed by atoms with Gasteiger partial charge in [0.05, 0.1) is 13.2 Å². The van der Waals surface area contributed by atoms with Crippen molar-refractivity contribution in [2.24, 2.45) is 0 Å². The van der Waals surface area contributed by atoms with Gasteiger partial charge in [0, 0.05) is 28.4 Å². The molecule has 0 saturated carbocycles. The van der Waals surface area contributed by atoms with Crippen LogP contribution >= 0.6 is 11.6 Å². The fourth-order valence-corrected chi connectivity index (χ4v) is 3.26. The number of ether oxygens (including phenoxy) is 1. The van der Waals surface area contributed by atoms with Crippen LogP contribution in [0.5, 0.6) is 5.75 Å². The lowest BCUT2D eigenvalue weighted by Gasteiger charge is -2.29. The Morgan fingerprint density at radius 2 is 2.24 bits per heavy atom. The highest BCUT2D eigenvalue weighted by molar-refractivity contribution is 6.30. The minimum Gasteiger partial charge on any atom is -0.496 e. The van der Waals surface area contributed by atoms with Crippen molar-refractivity contribution in [2.75, 3.05) is 7.11 Å². The van der Waals surface area contributed by atoms with Crippen LogP contribution in [0.1, 0.15) is 41.7 Å². The number of halogens is 1. The van der Waals surface area contributed by atoms with Crippen LogP contribution in [0.15, 0.2) is 36.5 Å². The Kier molecular flexibility index (Phi) is 4.13. The maximum absolute atomic E-state index is 10.8. The highest BCUT2D eigenvalue weighted by Crippen LogP contribution is 2.42. The summed E-state index contributed by atoms with van der Waals surface area (Å²) in [5.74, 6) is 0.628. The van der Waals surface area contributed by atoms with Crippen LogP contribution in [0, 0.1) is 0 Å². The molecule has 2 unspecified atom stereocenters. The van der Waals surface area contributed by atoms with Crippen LogP contribution in [0.4, 0.5) is 0 Å². The van der Waals surface area contributed by atoms with Gasteiger partial charge in [0.2, 0.25) is 0 Å². The van der Waals surface area contributed by atoms with Gasteiger partial charge in [-0.3, -0.25) is 4.98 Å². The number of aryl methyl sites for hydroxylation is 1. The molecule has 4 heteroatoms. The van der Waals surface area contributed by atoms with Gasteiger partial charge in [0.1, 0.15) is 5.75 Å². The van der Waals surface area contributed by atoms with Gasteiger partial charge in [0.15, 0.2) is 0 Å². The van der Waals surface area contributed by atoms with Crippen LogP contribution in [-0.4, -0.2) is 17.2 Å². The number of nitrogens with zero attached hydrogens (tertiary/aromatic N) is 1. The number of rotatable bonds is 3. The summed E-state index contributed by atoms with van der Waals surface area (Å²) in [6.07, 6.45) is 4.19. The maximum atomic E-state index is 10.8. The smallest absolute Gasteiger partial charge is 0.126 e. The number of aliphatic hydroxyl groups is 1. The molecular formula is C17H18ClNO2. The van der Waals surface area contributed by atoms with Gasteiger partial charge >= 0.3 is 0 Å². The SMILES string of the molecule is COc1cc(Cl)ccc1C(O)C1CCCc2cccnc21. The zero-order chi connectivity index (χ0) is 14.8. The number of hydrogen-bond donors (Lipinski definition) is 1. The summed E-state index contributed by atoms with van der Waals surface area (Å²) in [6.45, 7) is 0. The van der Waals surface area contributed by atoms with Gasteiger partial charge in [0.25, 0.3) is 0 Å². The van der Waals surface area contributed by atoms with E-state index in [2.05, 4.69) is 11.1 Å². The molecule has 2 atom stereocenters. The van der Waals surface area contributed by atoms with Crippen molar-refractivity contribution in [3.8, 4) is 5.75 Å². The lowest BCUT2D eigenvalue weighted by atomic mass is 9.81. The molecule has 0 fully saturated rings. The number of pyridine rings is 1. The summed E-state index contributed by atoms with van der Waals surface area (Å²) >= 11 is 5.99. The van der Waals surface area contributed by atoms with Gasteiger partial charge in [-0.1, -0.05) is 23.7 Å². The van der Waals surface area contributed by atoms with E-state index >= 15 is 0 Å². The van der Waals surface area contributed by atoms with Gasteiger partial charge in [-0.05, 0) is 43.0 Å². The largest absolute Gasteiger partial charge is 0.496 e. The topological polar surface area (TPSA) is 42.4 Å². The molecule has 1 aromatic carbocycles. The second-order valence-corrected chi connectivity index (χ2v) is 5.81. The first-order valence-electron chi connectivity index (χ1n) is 7.16. The Hall–Kier alpha value is -1.58. The molecule has 1 N–H and O–H groups in total. The fraction of sp³-hybridized carbons (Fsp3) is 0.353.